The highest BCUT2D eigenvalue weighted by Gasteiger charge is 2.15. The van der Waals surface area contributed by atoms with Crippen molar-refractivity contribution in [2.24, 2.45) is 0 Å². The van der Waals surface area contributed by atoms with Gasteiger partial charge in [-0.25, -0.2) is 17.8 Å². The summed E-state index contributed by atoms with van der Waals surface area (Å²) in [5, 5.41) is 2.84. The summed E-state index contributed by atoms with van der Waals surface area (Å²) in [6.45, 7) is 1.98. The second kappa shape index (κ2) is 9.27. The number of hydrogen-bond donors (Lipinski definition) is 2. The molecule has 0 aliphatic carbocycles. The molecule has 0 aliphatic rings. The fraction of sp³-hybridized carbons (Fsp3) is 0.0909. The number of benzene rings is 3. The Bertz CT molecular complexity index is 1370. The summed E-state index contributed by atoms with van der Waals surface area (Å²) in [7, 11) is -3.84. The van der Waals surface area contributed by atoms with Crippen molar-refractivity contribution >= 4 is 60.6 Å². The summed E-state index contributed by atoms with van der Waals surface area (Å²) in [5.41, 5.74) is 2.94. The summed E-state index contributed by atoms with van der Waals surface area (Å²) in [5.74, 6) is -0.434. The van der Waals surface area contributed by atoms with Crippen molar-refractivity contribution < 1.29 is 17.6 Å². The molecule has 0 spiro atoms. The Hall–Kier alpha value is -2.95. The van der Waals surface area contributed by atoms with Crippen LogP contribution < -0.4 is 10.0 Å². The Balaban J connectivity index is 1.41. The largest absolute Gasteiger partial charge is 0.325 e. The number of thiazole rings is 1. The molecule has 4 rings (SSSR count). The highest BCUT2D eigenvalue weighted by atomic mass is 32.2. The van der Waals surface area contributed by atoms with Gasteiger partial charge in [-0.15, -0.1) is 11.3 Å². The number of aromatic nitrogens is 1. The molecule has 2 N–H and O–H groups in total. The van der Waals surface area contributed by atoms with Gasteiger partial charge >= 0.3 is 0 Å². The third-order valence-electron chi connectivity index (χ3n) is 4.41. The lowest BCUT2D eigenvalue weighted by molar-refractivity contribution is -0.113. The first-order valence-electron chi connectivity index (χ1n) is 9.47. The molecule has 0 saturated carbocycles. The molecule has 0 saturated heterocycles. The number of thioether (sulfide) groups is 1. The van der Waals surface area contributed by atoms with E-state index in [9.17, 15) is 17.6 Å². The second-order valence-corrected chi connectivity index (χ2v) is 10.9. The van der Waals surface area contributed by atoms with E-state index in [0.717, 1.165) is 28.1 Å². The van der Waals surface area contributed by atoms with Gasteiger partial charge in [0.2, 0.25) is 5.91 Å². The molecule has 32 heavy (non-hydrogen) atoms. The molecule has 0 fully saturated rings. The van der Waals surface area contributed by atoms with E-state index in [1.165, 1.54) is 35.2 Å². The monoisotopic (exact) mass is 487 g/mol. The number of hydrogen-bond acceptors (Lipinski definition) is 6. The molecule has 1 amide bonds. The highest BCUT2D eigenvalue weighted by Crippen LogP contribution is 2.32. The lowest BCUT2D eigenvalue weighted by atomic mass is 10.2. The highest BCUT2D eigenvalue weighted by molar-refractivity contribution is 8.01. The van der Waals surface area contributed by atoms with Crippen LogP contribution in [0.3, 0.4) is 0 Å². The number of nitrogens with zero attached hydrogens (tertiary/aromatic N) is 1. The van der Waals surface area contributed by atoms with Gasteiger partial charge < -0.3 is 5.32 Å². The number of carbonyl (C=O) groups is 1. The normalized spacial score (nSPS) is 11.4. The number of rotatable bonds is 7. The number of anilines is 2. The number of halogens is 1. The quantitative estimate of drug-likeness (QED) is 0.347. The molecule has 6 nitrogen and oxygen atoms in total. The Morgan fingerprint density at radius 1 is 1.03 bits per heavy atom. The van der Waals surface area contributed by atoms with Crippen LogP contribution in [0.4, 0.5) is 15.8 Å². The molecular formula is C22H18FN3O3S3. The molecule has 4 aromatic rings. The zero-order valence-electron chi connectivity index (χ0n) is 16.8. The summed E-state index contributed by atoms with van der Waals surface area (Å²) in [4.78, 5) is 16.7. The Morgan fingerprint density at radius 2 is 1.72 bits per heavy atom. The van der Waals surface area contributed by atoms with Crippen LogP contribution in [0.1, 0.15) is 5.56 Å². The number of sulfonamides is 1. The van der Waals surface area contributed by atoms with Crippen LogP contribution in [0.5, 0.6) is 0 Å². The third-order valence-corrected chi connectivity index (χ3v) is 7.97. The third kappa shape index (κ3) is 5.45. The second-order valence-electron chi connectivity index (χ2n) is 6.92. The molecule has 0 aliphatic heterocycles. The molecule has 3 aromatic carbocycles. The van der Waals surface area contributed by atoms with Crippen molar-refractivity contribution in [2.75, 3.05) is 15.8 Å². The Labute approximate surface area is 192 Å². The SMILES string of the molecule is Cc1ccc(NC(=O)CSc2nc3ccc(NS(=O)(=O)c4ccc(F)cc4)cc3s2)cc1. The van der Waals surface area contributed by atoms with Gasteiger partial charge in [0.15, 0.2) is 4.34 Å². The van der Waals surface area contributed by atoms with Crippen molar-refractivity contribution in [3.63, 3.8) is 0 Å². The van der Waals surface area contributed by atoms with E-state index in [1.54, 1.807) is 18.2 Å². The maximum atomic E-state index is 13.1. The molecule has 0 atom stereocenters. The smallest absolute Gasteiger partial charge is 0.261 e. The molecule has 1 heterocycles. The van der Waals surface area contributed by atoms with Gasteiger partial charge in [0.25, 0.3) is 10.0 Å². The predicted octanol–water partition coefficient (Wildman–Crippen LogP) is 5.28. The molecule has 0 radical (unpaired) electrons. The van der Waals surface area contributed by atoms with E-state index >= 15 is 0 Å². The summed E-state index contributed by atoms with van der Waals surface area (Å²) < 4.78 is 42.1. The van der Waals surface area contributed by atoms with Gasteiger partial charge in [0.1, 0.15) is 5.82 Å². The van der Waals surface area contributed by atoms with E-state index in [0.29, 0.717) is 15.5 Å². The minimum atomic E-state index is -3.84. The van der Waals surface area contributed by atoms with E-state index in [4.69, 9.17) is 0 Å². The molecule has 0 unspecified atom stereocenters. The predicted molar refractivity (Wildman–Crippen MR) is 127 cm³/mol. The maximum absolute atomic E-state index is 13.1. The zero-order chi connectivity index (χ0) is 22.7. The summed E-state index contributed by atoms with van der Waals surface area (Å²) in [6, 6.07) is 17.2. The zero-order valence-corrected chi connectivity index (χ0v) is 19.3. The van der Waals surface area contributed by atoms with Gasteiger partial charge in [-0.2, -0.15) is 0 Å². The minimum Gasteiger partial charge on any atom is -0.325 e. The maximum Gasteiger partial charge on any atom is 0.261 e. The fourth-order valence-corrected chi connectivity index (χ4v) is 5.78. The van der Waals surface area contributed by atoms with E-state index in [1.807, 2.05) is 31.2 Å². The Morgan fingerprint density at radius 3 is 2.44 bits per heavy atom. The van der Waals surface area contributed by atoms with Crippen LogP contribution in [0.25, 0.3) is 10.2 Å². The first-order valence-corrected chi connectivity index (χ1v) is 12.8. The number of nitrogens with one attached hydrogen (secondary N) is 2. The van der Waals surface area contributed by atoms with Gasteiger partial charge in [-0.3, -0.25) is 9.52 Å². The van der Waals surface area contributed by atoms with Crippen molar-refractivity contribution in [3.05, 3.63) is 78.1 Å². The van der Waals surface area contributed by atoms with E-state index < -0.39 is 15.8 Å². The summed E-state index contributed by atoms with van der Waals surface area (Å²) >= 11 is 2.69. The average molecular weight is 488 g/mol. The average Bonchev–Trinajstić information content (AvgIpc) is 3.16. The lowest BCUT2D eigenvalue weighted by Gasteiger charge is -2.07. The van der Waals surface area contributed by atoms with Crippen LogP contribution in [0.2, 0.25) is 0 Å². The lowest BCUT2D eigenvalue weighted by Crippen LogP contribution is -2.13. The number of amides is 1. The fourth-order valence-electron chi connectivity index (χ4n) is 2.82. The van der Waals surface area contributed by atoms with E-state index in [-0.39, 0.29) is 16.6 Å². The number of aryl methyl sites for hydroxylation is 1. The molecule has 1 aromatic heterocycles. The van der Waals surface area contributed by atoms with Gasteiger partial charge in [0, 0.05) is 5.69 Å². The minimum absolute atomic E-state index is 0.0286. The van der Waals surface area contributed by atoms with Gasteiger partial charge in [-0.05, 0) is 61.5 Å². The van der Waals surface area contributed by atoms with Crippen molar-refractivity contribution in [3.8, 4) is 0 Å². The van der Waals surface area contributed by atoms with Gasteiger partial charge in [0.05, 0.1) is 26.6 Å². The first kappa shape index (κ1) is 22.3. The van der Waals surface area contributed by atoms with Crippen LogP contribution in [-0.4, -0.2) is 25.1 Å². The number of carbonyl (C=O) groups excluding carboxylic acids is 1. The Kier molecular flexibility index (Phi) is 6.45. The van der Waals surface area contributed by atoms with Crippen LogP contribution in [0.15, 0.2) is 76.0 Å². The van der Waals surface area contributed by atoms with Crippen molar-refractivity contribution in [1.29, 1.82) is 0 Å². The van der Waals surface area contributed by atoms with Crippen molar-refractivity contribution in [1.82, 2.24) is 4.98 Å². The van der Waals surface area contributed by atoms with Crippen LogP contribution in [-0.2, 0) is 14.8 Å². The topological polar surface area (TPSA) is 88.2 Å². The van der Waals surface area contributed by atoms with E-state index in [2.05, 4.69) is 15.0 Å². The first-order chi connectivity index (χ1) is 15.3. The number of fused-ring (bicyclic) bond motifs is 1. The van der Waals surface area contributed by atoms with Crippen LogP contribution in [0, 0.1) is 12.7 Å². The standard InChI is InChI=1S/C22H18FN3O3S3/c1-14-2-6-16(7-3-14)24-21(27)13-30-22-25-19-11-8-17(12-20(19)31-22)26-32(28,29)18-9-4-15(23)5-10-18/h2-12,26H,13H2,1H3,(H,24,27). The summed E-state index contributed by atoms with van der Waals surface area (Å²) in [6.07, 6.45) is 0. The molecule has 0 bridgehead atoms. The van der Waals surface area contributed by atoms with Crippen LogP contribution >= 0.6 is 23.1 Å². The molecule has 164 valence electrons. The molecule has 10 heteroatoms. The van der Waals surface area contributed by atoms with Gasteiger partial charge in [-0.1, -0.05) is 29.5 Å². The molecular weight excluding hydrogens is 469 g/mol. The van der Waals surface area contributed by atoms with Crippen molar-refractivity contribution in [2.45, 2.75) is 16.2 Å².